The third-order valence-corrected chi connectivity index (χ3v) is 2.91. The monoisotopic (exact) mass is 255 g/mol. The maximum absolute atomic E-state index is 13.9. The van der Waals surface area contributed by atoms with E-state index in [1.54, 1.807) is 4.90 Å². The molecule has 1 heterocycles. The van der Waals surface area contributed by atoms with E-state index in [0.717, 1.165) is 12.1 Å². The highest BCUT2D eigenvalue weighted by molar-refractivity contribution is 5.76. The molecule has 1 aliphatic heterocycles. The summed E-state index contributed by atoms with van der Waals surface area (Å²) in [6, 6.07) is 2.10. The summed E-state index contributed by atoms with van der Waals surface area (Å²) in [5.74, 6) is -1.42. The van der Waals surface area contributed by atoms with Gasteiger partial charge in [-0.2, -0.15) is 0 Å². The van der Waals surface area contributed by atoms with Crippen LogP contribution in [0.1, 0.15) is 24.2 Å². The molecule has 5 heteroatoms. The predicted molar refractivity (Wildman–Crippen MR) is 64.0 cm³/mol. The zero-order valence-electron chi connectivity index (χ0n) is 10.3. The van der Waals surface area contributed by atoms with Gasteiger partial charge in [0.05, 0.1) is 12.2 Å². The number of hydrogen-bond donors (Lipinski definition) is 0. The number of carbonyl (C=O) groups is 1. The third-order valence-electron chi connectivity index (χ3n) is 2.91. The molecule has 1 aliphatic rings. The first kappa shape index (κ1) is 13.0. The topological polar surface area (TPSA) is 29.5 Å². The number of halogens is 2. The summed E-state index contributed by atoms with van der Waals surface area (Å²) in [6.07, 6.45) is 0.261. The Balaban J connectivity index is 2.35. The van der Waals surface area contributed by atoms with Crippen LogP contribution >= 0.6 is 0 Å². The first-order valence-corrected chi connectivity index (χ1v) is 5.86. The smallest absolute Gasteiger partial charge is 0.150 e. The lowest BCUT2D eigenvalue weighted by atomic mass is 10.1. The molecule has 1 saturated heterocycles. The second kappa shape index (κ2) is 5.02. The number of rotatable bonds is 2. The van der Waals surface area contributed by atoms with Crippen molar-refractivity contribution in [2.45, 2.75) is 26.1 Å². The van der Waals surface area contributed by atoms with E-state index in [1.165, 1.54) is 0 Å². The maximum atomic E-state index is 13.9. The molecule has 18 heavy (non-hydrogen) atoms. The largest absolute Gasteiger partial charge is 0.372 e. The summed E-state index contributed by atoms with van der Waals surface area (Å²) in [5.41, 5.74) is -0.0780. The molecule has 1 fully saturated rings. The number of anilines is 1. The van der Waals surface area contributed by atoms with E-state index in [2.05, 4.69) is 0 Å². The average Bonchev–Trinajstić information content (AvgIpc) is 2.26. The summed E-state index contributed by atoms with van der Waals surface area (Å²) < 4.78 is 33.2. The Morgan fingerprint density at radius 3 is 2.17 bits per heavy atom. The quantitative estimate of drug-likeness (QED) is 0.760. The molecule has 0 bridgehead atoms. The van der Waals surface area contributed by atoms with Gasteiger partial charge in [0.15, 0.2) is 0 Å². The Morgan fingerprint density at radius 1 is 1.22 bits per heavy atom. The van der Waals surface area contributed by atoms with Gasteiger partial charge in [0.25, 0.3) is 0 Å². The molecule has 0 N–H and O–H groups in total. The van der Waals surface area contributed by atoms with E-state index in [-0.39, 0.29) is 23.5 Å². The van der Waals surface area contributed by atoms with Gasteiger partial charge in [0, 0.05) is 18.7 Å². The van der Waals surface area contributed by atoms with Crippen LogP contribution in [0, 0.1) is 11.6 Å². The van der Waals surface area contributed by atoms with E-state index >= 15 is 0 Å². The lowest BCUT2D eigenvalue weighted by Crippen LogP contribution is -2.46. The fourth-order valence-corrected chi connectivity index (χ4v) is 2.32. The lowest BCUT2D eigenvalue weighted by molar-refractivity contribution is -0.00558. The minimum Gasteiger partial charge on any atom is -0.372 e. The molecule has 2 rings (SSSR count). The van der Waals surface area contributed by atoms with Crippen molar-refractivity contribution in [2.75, 3.05) is 18.0 Å². The van der Waals surface area contributed by atoms with Gasteiger partial charge in [-0.15, -0.1) is 0 Å². The van der Waals surface area contributed by atoms with E-state index in [4.69, 9.17) is 4.74 Å². The number of benzene rings is 1. The second-order valence-electron chi connectivity index (χ2n) is 4.61. The molecule has 98 valence electrons. The van der Waals surface area contributed by atoms with Crippen molar-refractivity contribution in [2.24, 2.45) is 0 Å². The summed E-state index contributed by atoms with van der Waals surface area (Å²) in [4.78, 5) is 12.2. The van der Waals surface area contributed by atoms with Crippen LogP contribution in [0.15, 0.2) is 12.1 Å². The van der Waals surface area contributed by atoms with Crippen LogP contribution in [-0.4, -0.2) is 31.6 Å². The van der Waals surface area contributed by atoms with Crippen molar-refractivity contribution >= 4 is 12.0 Å². The predicted octanol–water partition coefficient (Wildman–Crippen LogP) is 2.39. The number of ether oxygens (including phenoxy) is 1. The standard InChI is InChI=1S/C13H15F2NO2/c1-8-5-16(6-9(2)18-8)13-11(14)3-10(7-17)4-12(13)15/h3-4,7-9H,5-6H2,1-2H3. The molecular formula is C13H15F2NO2. The highest BCUT2D eigenvalue weighted by Crippen LogP contribution is 2.27. The molecule has 1 aromatic rings. The van der Waals surface area contributed by atoms with Crippen molar-refractivity contribution < 1.29 is 18.3 Å². The first-order valence-electron chi connectivity index (χ1n) is 5.86. The number of aldehydes is 1. The van der Waals surface area contributed by atoms with Crippen LogP contribution in [-0.2, 0) is 4.74 Å². The van der Waals surface area contributed by atoms with Crippen molar-refractivity contribution in [3.63, 3.8) is 0 Å². The minimum atomic E-state index is -0.710. The van der Waals surface area contributed by atoms with Crippen molar-refractivity contribution in [3.05, 3.63) is 29.3 Å². The van der Waals surface area contributed by atoms with Gasteiger partial charge in [-0.1, -0.05) is 0 Å². The normalized spacial score (nSPS) is 24.1. The van der Waals surface area contributed by atoms with E-state index in [1.807, 2.05) is 13.8 Å². The third kappa shape index (κ3) is 2.51. The number of hydrogen-bond acceptors (Lipinski definition) is 3. The van der Waals surface area contributed by atoms with Gasteiger partial charge in [-0.05, 0) is 26.0 Å². The Hall–Kier alpha value is -1.49. The van der Waals surface area contributed by atoms with Gasteiger partial charge in [0.1, 0.15) is 23.6 Å². The molecule has 3 nitrogen and oxygen atoms in total. The number of carbonyl (C=O) groups excluding carboxylic acids is 1. The van der Waals surface area contributed by atoms with Crippen LogP contribution in [0.25, 0.3) is 0 Å². The molecule has 0 radical (unpaired) electrons. The molecule has 2 unspecified atom stereocenters. The minimum absolute atomic E-state index is 0.00288. The Bertz CT molecular complexity index is 431. The molecular weight excluding hydrogens is 240 g/mol. The van der Waals surface area contributed by atoms with Gasteiger partial charge in [-0.25, -0.2) is 8.78 Å². The zero-order chi connectivity index (χ0) is 13.3. The highest BCUT2D eigenvalue weighted by atomic mass is 19.1. The van der Waals surface area contributed by atoms with Crippen molar-refractivity contribution in [1.29, 1.82) is 0 Å². The maximum Gasteiger partial charge on any atom is 0.150 e. The summed E-state index contributed by atoms with van der Waals surface area (Å²) in [5, 5.41) is 0. The van der Waals surface area contributed by atoms with Crippen molar-refractivity contribution in [1.82, 2.24) is 0 Å². The molecule has 0 saturated carbocycles. The molecule has 1 aromatic carbocycles. The Morgan fingerprint density at radius 2 is 1.72 bits per heavy atom. The summed E-state index contributed by atoms with van der Waals surface area (Å²) in [7, 11) is 0. The second-order valence-corrected chi connectivity index (χ2v) is 4.61. The summed E-state index contributed by atoms with van der Waals surface area (Å²) in [6.45, 7) is 4.58. The average molecular weight is 255 g/mol. The Labute approximate surface area is 104 Å². The van der Waals surface area contributed by atoms with Gasteiger partial charge < -0.3 is 9.64 Å². The van der Waals surface area contributed by atoms with Crippen LogP contribution in [0.2, 0.25) is 0 Å². The molecule has 0 aliphatic carbocycles. The van der Waals surface area contributed by atoms with Crippen molar-refractivity contribution in [3.8, 4) is 0 Å². The van der Waals surface area contributed by atoms with Gasteiger partial charge >= 0.3 is 0 Å². The fourth-order valence-electron chi connectivity index (χ4n) is 2.32. The zero-order valence-corrected chi connectivity index (χ0v) is 10.3. The molecule has 2 atom stereocenters. The van der Waals surface area contributed by atoms with Crippen LogP contribution < -0.4 is 4.90 Å². The number of morpholine rings is 1. The van der Waals surface area contributed by atoms with E-state index in [0.29, 0.717) is 19.4 Å². The number of nitrogens with zero attached hydrogens (tertiary/aromatic N) is 1. The van der Waals surface area contributed by atoms with Gasteiger partial charge in [0.2, 0.25) is 0 Å². The van der Waals surface area contributed by atoms with Crippen LogP contribution in [0.3, 0.4) is 0 Å². The molecule has 0 amide bonds. The molecule has 0 spiro atoms. The van der Waals surface area contributed by atoms with Crippen LogP contribution in [0.4, 0.5) is 14.5 Å². The van der Waals surface area contributed by atoms with Crippen LogP contribution in [0.5, 0.6) is 0 Å². The first-order chi connectivity index (χ1) is 8.51. The fraction of sp³-hybridized carbons (Fsp3) is 0.462. The van der Waals surface area contributed by atoms with Gasteiger partial charge in [-0.3, -0.25) is 4.79 Å². The Kier molecular flexibility index (Phi) is 3.61. The molecule has 0 aromatic heterocycles. The lowest BCUT2D eigenvalue weighted by Gasteiger charge is -2.37. The van der Waals surface area contributed by atoms with E-state index < -0.39 is 11.6 Å². The highest BCUT2D eigenvalue weighted by Gasteiger charge is 2.26. The van der Waals surface area contributed by atoms with E-state index in [9.17, 15) is 13.6 Å². The summed E-state index contributed by atoms with van der Waals surface area (Å²) >= 11 is 0. The SMILES string of the molecule is CC1CN(c2c(F)cc(C=O)cc2F)CC(C)O1.